The van der Waals surface area contributed by atoms with Crippen LogP contribution in [0.5, 0.6) is 0 Å². The van der Waals surface area contributed by atoms with Crippen LogP contribution in [0.25, 0.3) is 0 Å². The van der Waals surface area contributed by atoms with E-state index in [2.05, 4.69) is 20.0 Å². The summed E-state index contributed by atoms with van der Waals surface area (Å²) in [5.41, 5.74) is 0.961. The largest absolute Gasteiger partial charge is 0.331 e. The number of nitrogens with zero attached hydrogens (tertiary/aromatic N) is 6. The van der Waals surface area contributed by atoms with Crippen LogP contribution in [0.3, 0.4) is 0 Å². The summed E-state index contributed by atoms with van der Waals surface area (Å²) in [4.78, 5) is 25.6. The average Bonchev–Trinajstić information content (AvgIpc) is 3.16. The first-order valence-electron chi connectivity index (χ1n) is 7.97. The van der Waals surface area contributed by atoms with Gasteiger partial charge in [-0.3, -0.25) is 9.48 Å². The van der Waals surface area contributed by atoms with E-state index < -0.39 is 0 Å². The van der Waals surface area contributed by atoms with Crippen LogP contribution < -0.4 is 0 Å². The van der Waals surface area contributed by atoms with E-state index in [9.17, 15) is 4.79 Å². The second-order valence-electron chi connectivity index (χ2n) is 6.25. The highest BCUT2D eigenvalue weighted by molar-refractivity contribution is 6.30. The highest BCUT2D eigenvalue weighted by Gasteiger charge is 2.32. The number of amides is 1. The minimum absolute atomic E-state index is 0.0129. The zero-order valence-electron chi connectivity index (χ0n) is 13.9. The number of halogens is 1. The Balaban J connectivity index is 1.74. The second-order valence-corrected chi connectivity index (χ2v) is 6.68. The minimum Gasteiger partial charge on any atom is -0.331 e. The number of likely N-dealkylation sites (tertiary alicyclic amines) is 1. The highest BCUT2D eigenvalue weighted by atomic mass is 35.5. The monoisotopic (exact) mass is 348 g/mol. The Labute approximate surface area is 146 Å². The molecule has 0 saturated carbocycles. The van der Waals surface area contributed by atoms with Gasteiger partial charge >= 0.3 is 0 Å². The Bertz CT molecular complexity index is 716. The van der Waals surface area contributed by atoms with Crippen molar-refractivity contribution in [1.82, 2.24) is 29.5 Å². The van der Waals surface area contributed by atoms with Crippen LogP contribution in [0.4, 0.5) is 0 Å². The third kappa shape index (κ3) is 3.91. The molecule has 0 aromatic carbocycles. The second kappa shape index (κ2) is 7.27. The van der Waals surface area contributed by atoms with Gasteiger partial charge in [-0.15, -0.1) is 0 Å². The lowest BCUT2D eigenvalue weighted by atomic mass is 10.2. The van der Waals surface area contributed by atoms with E-state index >= 15 is 0 Å². The number of rotatable bonds is 5. The van der Waals surface area contributed by atoms with E-state index in [0.717, 1.165) is 37.4 Å². The molecule has 128 valence electrons. The summed E-state index contributed by atoms with van der Waals surface area (Å²) in [5, 5.41) is 4.60. The number of carbonyl (C=O) groups is 1. The Kier molecular flexibility index (Phi) is 5.11. The molecule has 8 heteroatoms. The molecular weight excluding hydrogens is 328 g/mol. The summed E-state index contributed by atoms with van der Waals surface area (Å²) in [6.07, 6.45) is 6.80. The van der Waals surface area contributed by atoms with Crippen molar-refractivity contribution < 1.29 is 4.79 Å². The third-order valence-electron chi connectivity index (χ3n) is 3.98. The summed E-state index contributed by atoms with van der Waals surface area (Å²) >= 11 is 5.85. The summed E-state index contributed by atoms with van der Waals surface area (Å²) in [5.74, 6) is 0.734. The van der Waals surface area contributed by atoms with Crippen molar-refractivity contribution >= 4 is 17.5 Å². The fourth-order valence-electron chi connectivity index (χ4n) is 2.97. The maximum absolute atomic E-state index is 12.6. The molecule has 1 amide bonds. The molecule has 3 rings (SSSR count). The van der Waals surface area contributed by atoms with Gasteiger partial charge in [0.2, 0.25) is 5.91 Å². The van der Waals surface area contributed by atoms with Crippen LogP contribution in [0.1, 0.15) is 30.4 Å². The highest BCUT2D eigenvalue weighted by Crippen LogP contribution is 2.30. The fourth-order valence-corrected chi connectivity index (χ4v) is 3.13. The maximum atomic E-state index is 12.6. The smallest absolute Gasteiger partial charge is 0.244 e. The molecule has 0 aliphatic carbocycles. The molecule has 1 aliphatic heterocycles. The molecule has 2 aromatic rings. The van der Waals surface area contributed by atoms with Crippen molar-refractivity contribution in [1.29, 1.82) is 0 Å². The molecule has 1 saturated heterocycles. The van der Waals surface area contributed by atoms with Gasteiger partial charge < -0.3 is 9.80 Å². The van der Waals surface area contributed by atoms with Crippen LogP contribution in [-0.4, -0.2) is 56.1 Å². The van der Waals surface area contributed by atoms with Gasteiger partial charge in [0.15, 0.2) is 5.82 Å². The van der Waals surface area contributed by atoms with Crippen molar-refractivity contribution in [2.45, 2.75) is 32.0 Å². The lowest BCUT2D eigenvalue weighted by Crippen LogP contribution is -2.34. The molecule has 0 radical (unpaired) electrons. The predicted octanol–water partition coefficient (Wildman–Crippen LogP) is 1.75. The third-order valence-corrected chi connectivity index (χ3v) is 4.18. The quantitative estimate of drug-likeness (QED) is 0.823. The average molecular weight is 349 g/mol. The normalized spacial score (nSPS) is 17.7. The molecule has 0 bridgehead atoms. The van der Waals surface area contributed by atoms with E-state index in [1.165, 1.54) is 6.20 Å². The Morgan fingerprint density at radius 3 is 3.00 bits per heavy atom. The van der Waals surface area contributed by atoms with Gasteiger partial charge in [-0.05, 0) is 33.0 Å². The van der Waals surface area contributed by atoms with Crippen molar-refractivity contribution in [3.63, 3.8) is 0 Å². The van der Waals surface area contributed by atoms with E-state index in [1.54, 1.807) is 17.1 Å². The Hall–Kier alpha value is -1.99. The number of hydrogen-bond donors (Lipinski definition) is 0. The lowest BCUT2D eigenvalue weighted by molar-refractivity contribution is -0.133. The van der Waals surface area contributed by atoms with Gasteiger partial charge in [0.05, 0.1) is 23.0 Å². The van der Waals surface area contributed by atoms with Crippen molar-refractivity contribution in [3.8, 4) is 0 Å². The van der Waals surface area contributed by atoms with Crippen molar-refractivity contribution in [2.75, 3.05) is 20.6 Å². The number of hydrogen-bond acceptors (Lipinski definition) is 5. The lowest BCUT2D eigenvalue weighted by Gasteiger charge is -2.24. The predicted molar refractivity (Wildman–Crippen MR) is 90.3 cm³/mol. The summed E-state index contributed by atoms with van der Waals surface area (Å²) in [6, 6.07) is 1.85. The van der Waals surface area contributed by atoms with Gasteiger partial charge in [-0.25, -0.2) is 9.97 Å². The molecule has 2 aromatic heterocycles. The SMILES string of the molecule is CN(C)Cc1ccnc([C@H]2CCCN2C(=O)Cn2cc(Cl)cn2)n1. The molecule has 0 unspecified atom stereocenters. The summed E-state index contributed by atoms with van der Waals surface area (Å²) in [6.45, 7) is 1.66. The van der Waals surface area contributed by atoms with Crippen molar-refractivity contribution in [3.05, 3.63) is 41.2 Å². The van der Waals surface area contributed by atoms with E-state index in [4.69, 9.17) is 11.6 Å². The van der Waals surface area contributed by atoms with Crippen LogP contribution in [0.15, 0.2) is 24.7 Å². The van der Waals surface area contributed by atoms with Crippen LogP contribution in [0, 0.1) is 0 Å². The van der Waals surface area contributed by atoms with Gasteiger partial charge in [-0.1, -0.05) is 11.6 Å². The number of aromatic nitrogens is 4. The van der Waals surface area contributed by atoms with Gasteiger partial charge in [0, 0.05) is 25.5 Å². The summed E-state index contributed by atoms with van der Waals surface area (Å²) in [7, 11) is 4.00. The molecular formula is C16H21ClN6O. The molecule has 3 heterocycles. The van der Waals surface area contributed by atoms with Crippen molar-refractivity contribution in [2.24, 2.45) is 0 Å². The first-order valence-corrected chi connectivity index (χ1v) is 8.34. The first-order chi connectivity index (χ1) is 11.5. The topological polar surface area (TPSA) is 67.2 Å². The van der Waals surface area contributed by atoms with Gasteiger partial charge in [0.1, 0.15) is 6.54 Å². The van der Waals surface area contributed by atoms with Crippen LogP contribution in [-0.2, 0) is 17.9 Å². The Morgan fingerprint density at radius 1 is 1.46 bits per heavy atom. The standard InChI is InChI=1S/C16H21ClN6O/c1-21(2)10-13-5-6-18-16(20-13)14-4-3-7-23(14)15(24)11-22-9-12(17)8-19-22/h5-6,8-9,14H,3-4,7,10-11H2,1-2H3/t14-/m1/s1. The number of carbonyl (C=O) groups excluding carboxylic acids is 1. The van der Waals surface area contributed by atoms with Gasteiger partial charge in [0.25, 0.3) is 0 Å². The molecule has 1 aliphatic rings. The van der Waals surface area contributed by atoms with Gasteiger partial charge in [-0.2, -0.15) is 5.10 Å². The van der Waals surface area contributed by atoms with E-state index in [-0.39, 0.29) is 18.5 Å². The molecule has 1 atom stereocenters. The minimum atomic E-state index is -0.0642. The Morgan fingerprint density at radius 2 is 2.29 bits per heavy atom. The molecule has 7 nitrogen and oxygen atoms in total. The van der Waals surface area contributed by atoms with Crippen LogP contribution >= 0.6 is 11.6 Å². The molecule has 1 fully saturated rings. The zero-order valence-corrected chi connectivity index (χ0v) is 14.6. The fraction of sp³-hybridized carbons (Fsp3) is 0.500. The summed E-state index contributed by atoms with van der Waals surface area (Å²) < 4.78 is 1.56. The zero-order chi connectivity index (χ0) is 17.1. The molecule has 24 heavy (non-hydrogen) atoms. The molecule has 0 spiro atoms. The van der Waals surface area contributed by atoms with Crippen LogP contribution in [0.2, 0.25) is 5.02 Å². The molecule has 0 N–H and O–H groups in total. The maximum Gasteiger partial charge on any atom is 0.244 e. The van der Waals surface area contributed by atoms with E-state index in [0.29, 0.717) is 5.02 Å². The van der Waals surface area contributed by atoms with E-state index in [1.807, 2.05) is 25.1 Å². The first kappa shape index (κ1) is 16.9.